The van der Waals surface area contributed by atoms with Crippen LogP contribution in [0.5, 0.6) is 0 Å². The molecule has 0 fully saturated rings. The van der Waals surface area contributed by atoms with Gasteiger partial charge in [0.25, 0.3) is 5.56 Å². The van der Waals surface area contributed by atoms with E-state index in [1.807, 2.05) is 0 Å². The SMILES string of the molecule is Cn1ccc2c(C(=O)Cc3ccccc3F)c[nH]c2c1=O. The van der Waals surface area contributed by atoms with Gasteiger partial charge in [-0.2, -0.15) is 0 Å². The number of H-pyrrole nitrogens is 1. The summed E-state index contributed by atoms with van der Waals surface area (Å²) in [6.45, 7) is 0. The Labute approximate surface area is 119 Å². The lowest BCUT2D eigenvalue weighted by Gasteiger charge is -2.02. The number of carbonyl (C=O) groups excluding carboxylic acids is 1. The summed E-state index contributed by atoms with van der Waals surface area (Å²) >= 11 is 0. The molecule has 1 aromatic carbocycles. The molecule has 0 aliphatic carbocycles. The summed E-state index contributed by atoms with van der Waals surface area (Å²) in [5, 5.41) is 0.569. The number of nitrogens with zero attached hydrogens (tertiary/aromatic N) is 1. The van der Waals surface area contributed by atoms with Gasteiger partial charge in [-0.3, -0.25) is 9.59 Å². The summed E-state index contributed by atoms with van der Waals surface area (Å²) in [6, 6.07) is 7.89. The molecule has 0 radical (unpaired) electrons. The second kappa shape index (κ2) is 5.01. The lowest BCUT2D eigenvalue weighted by Crippen LogP contribution is -2.15. The Bertz CT molecular complexity index is 893. The Morgan fingerprint density at radius 2 is 2.05 bits per heavy atom. The number of fused-ring (bicyclic) bond motifs is 1. The van der Waals surface area contributed by atoms with Crippen LogP contribution in [-0.2, 0) is 13.5 Å². The van der Waals surface area contributed by atoms with Crippen LogP contribution in [0, 0.1) is 5.82 Å². The maximum absolute atomic E-state index is 13.6. The van der Waals surface area contributed by atoms with E-state index in [9.17, 15) is 14.0 Å². The Balaban J connectivity index is 2.01. The van der Waals surface area contributed by atoms with Crippen molar-refractivity contribution in [2.75, 3.05) is 0 Å². The summed E-state index contributed by atoms with van der Waals surface area (Å²) in [6.07, 6.45) is 3.09. The van der Waals surface area contributed by atoms with E-state index in [4.69, 9.17) is 0 Å². The fraction of sp³-hybridized carbons (Fsp3) is 0.125. The lowest BCUT2D eigenvalue weighted by atomic mass is 10.0. The summed E-state index contributed by atoms with van der Waals surface area (Å²) in [5.74, 6) is -0.624. The minimum Gasteiger partial charge on any atom is -0.356 e. The first kappa shape index (κ1) is 13.3. The Kier molecular flexibility index (Phi) is 3.17. The predicted octanol–water partition coefficient (Wildman–Crippen LogP) is 2.43. The second-order valence-corrected chi connectivity index (χ2v) is 4.91. The molecule has 3 aromatic rings. The van der Waals surface area contributed by atoms with Crippen molar-refractivity contribution in [2.45, 2.75) is 6.42 Å². The van der Waals surface area contributed by atoms with Crippen molar-refractivity contribution in [3.8, 4) is 0 Å². The van der Waals surface area contributed by atoms with E-state index < -0.39 is 5.82 Å². The quantitative estimate of drug-likeness (QED) is 0.751. The zero-order valence-corrected chi connectivity index (χ0v) is 11.4. The summed E-state index contributed by atoms with van der Waals surface area (Å²) < 4.78 is 15.0. The number of Topliss-reactive ketones (excluding diaryl/α,β-unsaturated/α-hetero) is 1. The van der Waals surface area contributed by atoms with Gasteiger partial charge >= 0.3 is 0 Å². The largest absolute Gasteiger partial charge is 0.356 e. The van der Waals surface area contributed by atoms with Gasteiger partial charge in [0, 0.05) is 36.8 Å². The van der Waals surface area contributed by atoms with E-state index in [-0.39, 0.29) is 17.8 Å². The molecule has 0 aliphatic heterocycles. The van der Waals surface area contributed by atoms with E-state index in [0.29, 0.717) is 22.0 Å². The molecule has 0 bridgehead atoms. The van der Waals surface area contributed by atoms with Crippen molar-refractivity contribution in [3.63, 3.8) is 0 Å². The van der Waals surface area contributed by atoms with Crippen LogP contribution in [0.4, 0.5) is 4.39 Å². The molecular formula is C16H13FN2O2. The Morgan fingerprint density at radius 3 is 2.81 bits per heavy atom. The molecule has 2 heterocycles. The maximum atomic E-state index is 13.6. The molecule has 106 valence electrons. The highest BCUT2D eigenvalue weighted by atomic mass is 19.1. The number of ketones is 1. The highest BCUT2D eigenvalue weighted by Crippen LogP contribution is 2.18. The van der Waals surface area contributed by atoms with Crippen LogP contribution in [0.15, 0.2) is 47.5 Å². The molecule has 0 saturated carbocycles. The van der Waals surface area contributed by atoms with Crippen molar-refractivity contribution < 1.29 is 9.18 Å². The highest BCUT2D eigenvalue weighted by molar-refractivity contribution is 6.08. The van der Waals surface area contributed by atoms with Crippen LogP contribution in [-0.4, -0.2) is 15.3 Å². The van der Waals surface area contributed by atoms with Gasteiger partial charge in [0.05, 0.1) is 0 Å². The van der Waals surface area contributed by atoms with Gasteiger partial charge in [0.1, 0.15) is 11.3 Å². The number of nitrogens with one attached hydrogen (secondary N) is 1. The number of carbonyl (C=O) groups is 1. The third-order valence-corrected chi connectivity index (χ3v) is 3.53. The first-order valence-electron chi connectivity index (χ1n) is 6.51. The van der Waals surface area contributed by atoms with Crippen molar-refractivity contribution in [1.82, 2.24) is 9.55 Å². The molecule has 0 amide bonds. The van der Waals surface area contributed by atoms with Crippen LogP contribution >= 0.6 is 0 Å². The van der Waals surface area contributed by atoms with Crippen LogP contribution in [0.25, 0.3) is 10.9 Å². The topological polar surface area (TPSA) is 54.9 Å². The number of halogens is 1. The molecule has 5 heteroatoms. The van der Waals surface area contributed by atoms with Crippen LogP contribution in [0.2, 0.25) is 0 Å². The number of aryl methyl sites for hydroxylation is 1. The van der Waals surface area contributed by atoms with Gasteiger partial charge in [-0.1, -0.05) is 18.2 Å². The number of hydrogen-bond donors (Lipinski definition) is 1. The zero-order chi connectivity index (χ0) is 15.0. The molecular weight excluding hydrogens is 271 g/mol. The predicted molar refractivity (Wildman–Crippen MR) is 78.0 cm³/mol. The molecule has 0 unspecified atom stereocenters. The monoisotopic (exact) mass is 284 g/mol. The van der Waals surface area contributed by atoms with E-state index in [0.717, 1.165) is 0 Å². The molecule has 0 atom stereocenters. The van der Waals surface area contributed by atoms with Crippen molar-refractivity contribution in [3.05, 3.63) is 70.0 Å². The van der Waals surface area contributed by atoms with Crippen molar-refractivity contribution in [2.24, 2.45) is 7.05 Å². The highest BCUT2D eigenvalue weighted by Gasteiger charge is 2.16. The van der Waals surface area contributed by atoms with Gasteiger partial charge in [-0.05, 0) is 17.7 Å². The molecule has 1 N–H and O–H groups in total. The molecule has 3 rings (SSSR count). The number of aromatic amines is 1. The van der Waals surface area contributed by atoms with Crippen LogP contribution in [0.1, 0.15) is 15.9 Å². The lowest BCUT2D eigenvalue weighted by molar-refractivity contribution is 0.0993. The number of rotatable bonds is 3. The van der Waals surface area contributed by atoms with E-state index in [1.165, 1.54) is 16.8 Å². The second-order valence-electron chi connectivity index (χ2n) is 4.91. The van der Waals surface area contributed by atoms with Gasteiger partial charge in [0.15, 0.2) is 5.78 Å². The Hall–Kier alpha value is -2.69. The van der Waals surface area contributed by atoms with E-state index in [2.05, 4.69) is 4.98 Å². The van der Waals surface area contributed by atoms with Crippen molar-refractivity contribution >= 4 is 16.7 Å². The zero-order valence-electron chi connectivity index (χ0n) is 11.4. The maximum Gasteiger partial charge on any atom is 0.274 e. The summed E-state index contributed by atoms with van der Waals surface area (Å²) in [7, 11) is 1.64. The van der Waals surface area contributed by atoms with E-state index in [1.54, 1.807) is 37.5 Å². The number of hydrogen-bond acceptors (Lipinski definition) is 2. The molecule has 4 nitrogen and oxygen atoms in total. The van der Waals surface area contributed by atoms with Gasteiger partial charge in [-0.15, -0.1) is 0 Å². The smallest absolute Gasteiger partial charge is 0.274 e. The minimum absolute atomic E-state index is 0.0329. The van der Waals surface area contributed by atoms with Crippen molar-refractivity contribution in [1.29, 1.82) is 0 Å². The molecule has 21 heavy (non-hydrogen) atoms. The summed E-state index contributed by atoms with van der Waals surface area (Å²) in [5.41, 5.74) is 0.945. The first-order valence-corrected chi connectivity index (χ1v) is 6.51. The van der Waals surface area contributed by atoms with Crippen LogP contribution < -0.4 is 5.56 Å². The van der Waals surface area contributed by atoms with E-state index >= 15 is 0 Å². The first-order chi connectivity index (χ1) is 10.1. The van der Waals surface area contributed by atoms with Gasteiger partial charge in [0.2, 0.25) is 0 Å². The number of benzene rings is 1. The fourth-order valence-corrected chi connectivity index (χ4v) is 2.36. The van der Waals surface area contributed by atoms with Gasteiger partial charge < -0.3 is 9.55 Å². The number of aromatic nitrogens is 2. The third-order valence-electron chi connectivity index (χ3n) is 3.53. The molecule has 0 aliphatic rings. The molecule has 2 aromatic heterocycles. The average molecular weight is 284 g/mol. The normalized spacial score (nSPS) is 11.0. The molecule has 0 saturated heterocycles. The fourth-order valence-electron chi connectivity index (χ4n) is 2.36. The van der Waals surface area contributed by atoms with Crippen LogP contribution in [0.3, 0.4) is 0 Å². The standard InChI is InChI=1S/C16H13FN2O2/c1-19-7-6-11-12(9-18-15(11)16(19)21)14(20)8-10-4-2-3-5-13(10)17/h2-7,9,18H,8H2,1H3. The average Bonchev–Trinajstić information content (AvgIpc) is 2.90. The number of pyridine rings is 1. The van der Waals surface area contributed by atoms with Gasteiger partial charge in [-0.25, -0.2) is 4.39 Å². The Morgan fingerprint density at radius 1 is 1.29 bits per heavy atom. The third kappa shape index (κ3) is 2.27. The minimum atomic E-state index is -0.401. The summed E-state index contributed by atoms with van der Waals surface area (Å²) in [4.78, 5) is 27.1. The molecule has 0 spiro atoms.